The zero-order chi connectivity index (χ0) is 15.2. The molecule has 1 heterocycles. The zero-order valence-electron chi connectivity index (χ0n) is 12.3. The van der Waals surface area contributed by atoms with Gasteiger partial charge in [0.05, 0.1) is 11.9 Å². The van der Waals surface area contributed by atoms with E-state index in [1.54, 1.807) is 6.20 Å². The first kappa shape index (κ1) is 15.6. The number of hydrogen-bond acceptors (Lipinski definition) is 3. The fourth-order valence-corrected chi connectivity index (χ4v) is 2.42. The van der Waals surface area contributed by atoms with E-state index in [9.17, 15) is 4.79 Å². The molecule has 0 amide bonds. The van der Waals surface area contributed by atoms with Crippen molar-refractivity contribution in [2.75, 3.05) is 5.32 Å². The highest BCUT2D eigenvalue weighted by atomic mass is 35.5. The van der Waals surface area contributed by atoms with Gasteiger partial charge in [-0.1, -0.05) is 48.9 Å². The molecule has 1 N–H and O–H groups in total. The van der Waals surface area contributed by atoms with Crippen molar-refractivity contribution in [1.29, 1.82) is 0 Å². The molecule has 2 aromatic rings. The summed E-state index contributed by atoms with van der Waals surface area (Å²) in [7, 11) is 0. The third-order valence-electron chi connectivity index (χ3n) is 3.21. The maximum absolute atomic E-state index is 12.0. The molecule has 0 saturated carbocycles. The van der Waals surface area contributed by atoms with Gasteiger partial charge < -0.3 is 5.32 Å². The second-order valence-corrected chi connectivity index (χ2v) is 5.51. The predicted molar refractivity (Wildman–Crippen MR) is 87.0 cm³/mol. The van der Waals surface area contributed by atoms with E-state index in [0.29, 0.717) is 12.2 Å². The first-order chi connectivity index (χ1) is 10.1. The first-order valence-electron chi connectivity index (χ1n) is 7.18. The lowest BCUT2D eigenvalue weighted by Crippen LogP contribution is -2.26. The minimum absolute atomic E-state index is 0.160. The van der Waals surface area contributed by atoms with E-state index in [-0.39, 0.29) is 16.6 Å². The van der Waals surface area contributed by atoms with Gasteiger partial charge >= 0.3 is 0 Å². The SMILES string of the molecule is CCCn1ncc(NC(C)Cc2ccccc2)c(Cl)c1=O. The largest absolute Gasteiger partial charge is 0.380 e. The molecule has 0 aliphatic carbocycles. The fraction of sp³-hybridized carbons (Fsp3) is 0.375. The number of hydrogen-bond donors (Lipinski definition) is 1. The van der Waals surface area contributed by atoms with Crippen LogP contribution >= 0.6 is 11.6 Å². The van der Waals surface area contributed by atoms with Crippen LogP contribution < -0.4 is 10.9 Å². The topological polar surface area (TPSA) is 46.9 Å². The molecular weight excluding hydrogens is 286 g/mol. The van der Waals surface area contributed by atoms with Crippen molar-refractivity contribution in [1.82, 2.24) is 9.78 Å². The fourth-order valence-electron chi connectivity index (χ4n) is 2.22. The predicted octanol–water partition coefficient (Wildman–Crippen LogP) is 3.35. The Bertz CT molecular complexity index is 640. The normalized spacial score (nSPS) is 12.1. The lowest BCUT2D eigenvalue weighted by molar-refractivity contribution is 0.568. The number of anilines is 1. The molecule has 4 nitrogen and oxygen atoms in total. The van der Waals surface area contributed by atoms with Crippen LogP contribution in [0.4, 0.5) is 5.69 Å². The molecule has 1 atom stereocenters. The van der Waals surface area contributed by atoms with E-state index >= 15 is 0 Å². The molecule has 1 aromatic carbocycles. The number of nitrogens with zero attached hydrogens (tertiary/aromatic N) is 2. The number of benzene rings is 1. The molecular formula is C16H20ClN3O. The molecule has 0 fully saturated rings. The smallest absolute Gasteiger partial charge is 0.287 e. The summed E-state index contributed by atoms with van der Waals surface area (Å²) in [5.74, 6) is 0. The van der Waals surface area contributed by atoms with Gasteiger partial charge in [0.25, 0.3) is 5.56 Å². The van der Waals surface area contributed by atoms with Crippen molar-refractivity contribution < 1.29 is 0 Å². The van der Waals surface area contributed by atoms with Crippen LogP contribution in [0, 0.1) is 0 Å². The van der Waals surface area contributed by atoms with E-state index in [1.165, 1.54) is 10.2 Å². The summed E-state index contributed by atoms with van der Waals surface area (Å²) < 4.78 is 1.40. The quantitative estimate of drug-likeness (QED) is 0.890. The average molecular weight is 306 g/mol. The number of aromatic nitrogens is 2. The van der Waals surface area contributed by atoms with E-state index in [2.05, 4.69) is 29.5 Å². The second-order valence-electron chi connectivity index (χ2n) is 5.14. The molecule has 0 radical (unpaired) electrons. The minimum Gasteiger partial charge on any atom is -0.380 e. The van der Waals surface area contributed by atoms with Gasteiger partial charge in [0.1, 0.15) is 5.02 Å². The van der Waals surface area contributed by atoms with Gasteiger partial charge in [-0.3, -0.25) is 4.79 Å². The van der Waals surface area contributed by atoms with Crippen molar-refractivity contribution in [2.24, 2.45) is 0 Å². The van der Waals surface area contributed by atoms with E-state index in [4.69, 9.17) is 11.6 Å². The van der Waals surface area contributed by atoms with Crippen LogP contribution in [-0.2, 0) is 13.0 Å². The van der Waals surface area contributed by atoms with Crippen LogP contribution in [0.1, 0.15) is 25.8 Å². The molecule has 0 saturated heterocycles. The molecule has 21 heavy (non-hydrogen) atoms. The molecule has 2 rings (SSSR count). The maximum atomic E-state index is 12.0. The first-order valence-corrected chi connectivity index (χ1v) is 7.55. The summed E-state index contributed by atoms with van der Waals surface area (Å²) in [6, 6.07) is 10.4. The van der Waals surface area contributed by atoms with Gasteiger partial charge in [0, 0.05) is 12.6 Å². The van der Waals surface area contributed by atoms with Gasteiger partial charge in [-0.05, 0) is 25.3 Å². The van der Waals surface area contributed by atoms with Gasteiger partial charge in [0.2, 0.25) is 0 Å². The van der Waals surface area contributed by atoms with E-state index in [1.807, 2.05) is 25.1 Å². The maximum Gasteiger partial charge on any atom is 0.287 e. The Kier molecular flexibility index (Phi) is 5.39. The number of halogens is 1. The lowest BCUT2D eigenvalue weighted by Gasteiger charge is -2.16. The van der Waals surface area contributed by atoms with Crippen LogP contribution in [0.15, 0.2) is 41.3 Å². The average Bonchev–Trinajstić information content (AvgIpc) is 2.48. The van der Waals surface area contributed by atoms with Crippen molar-refractivity contribution in [3.05, 3.63) is 57.5 Å². The summed E-state index contributed by atoms with van der Waals surface area (Å²) in [4.78, 5) is 12.0. The van der Waals surface area contributed by atoms with Crippen molar-refractivity contribution >= 4 is 17.3 Å². The van der Waals surface area contributed by atoms with Crippen LogP contribution in [0.3, 0.4) is 0 Å². The molecule has 1 aromatic heterocycles. The number of rotatable bonds is 6. The monoisotopic (exact) mass is 305 g/mol. The third-order valence-corrected chi connectivity index (χ3v) is 3.57. The van der Waals surface area contributed by atoms with Crippen LogP contribution in [-0.4, -0.2) is 15.8 Å². The summed E-state index contributed by atoms with van der Waals surface area (Å²) in [5.41, 5.74) is 1.59. The molecule has 0 bridgehead atoms. The number of aryl methyl sites for hydroxylation is 1. The highest BCUT2D eigenvalue weighted by molar-refractivity contribution is 6.32. The Morgan fingerprint density at radius 1 is 1.33 bits per heavy atom. The van der Waals surface area contributed by atoms with Gasteiger partial charge in [0.15, 0.2) is 0 Å². The summed E-state index contributed by atoms with van der Waals surface area (Å²) >= 11 is 6.15. The van der Waals surface area contributed by atoms with Crippen LogP contribution in [0.5, 0.6) is 0 Å². The molecule has 112 valence electrons. The molecule has 0 spiro atoms. The highest BCUT2D eigenvalue weighted by Crippen LogP contribution is 2.17. The van der Waals surface area contributed by atoms with E-state index < -0.39 is 0 Å². The van der Waals surface area contributed by atoms with Crippen molar-refractivity contribution in [3.63, 3.8) is 0 Å². The Labute approximate surface area is 129 Å². The van der Waals surface area contributed by atoms with E-state index in [0.717, 1.165) is 12.8 Å². The molecule has 1 unspecified atom stereocenters. The molecule has 5 heteroatoms. The summed E-state index contributed by atoms with van der Waals surface area (Å²) in [6.07, 6.45) is 3.33. The standard InChI is InChI=1S/C16H20ClN3O/c1-3-9-20-16(21)15(17)14(11-18-20)19-12(2)10-13-7-5-4-6-8-13/h4-8,11-12,19H,3,9-10H2,1-2H3. The van der Waals surface area contributed by atoms with Crippen LogP contribution in [0.2, 0.25) is 5.02 Å². The number of nitrogens with one attached hydrogen (secondary N) is 1. The Morgan fingerprint density at radius 2 is 2.05 bits per heavy atom. The van der Waals surface area contributed by atoms with Gasteiger partial charge in [-0.25, -0.2) is 4.68 Å². The van der Waals surface area contributed by atoms with Gasteiger partial charge in [-0.2, -0.15) is 5.10 Å². The highest BCUT2D eigenvalue weighted by Gasteiger charge is 2.11. The Balaban J connectivity index is 2.09. The Morgan fingerprint density at radius 3 is 2.71 bits per heavy atom. The Hall–Kier alpha value is -1.81. The molecule has 0 aliphatic rings. The summed E-state index contributed by atoms with van der Waals surface area (Å²) in [5, 5.41) is 7.61. The van der Waals surface area contributed by atoms with Crippen LogP contribution in [0.25, 0.3) is 0 Å². The van der Waals surface area contributed by atoms with Crippen molar-refractivity contribution in [2.45, 2.75) is 39.3 Å². The minimum atomic E-state index is -0.240. The second kappa shape index (κ2) is 7.27. The van der Waals surface area contributed by atoms with Gasteiger partial charge in [-0.15, -0.1) is 0 Å². The summed E-state index contributed by atoms with van der Waals surface area (Å²) in [6.45, 7) is 4.63. The molecule has 0 aliphatic heterocycles. The lowest BCUT2D eigenvalue weighted by atomic mass is 10.1. The zero-order valence-corrected chi connectivity index (χ0v) is 13.1. The van der Waals surface area contributed by atoms with Crippen molar-refractivity contribution in [3.8, 4) is 0 Å². The third kappa shape index (κ3) is 4.08.